The average Bonchev–Trinajstić information content (AvgIpc) is 3.34. The standard InChI is InChI=1S/C12H22.C11H21N.C11H20O.C11H20S.8C2H6/c1-9(2)11-7-5-6-8-12(11)10(3)4;3*1-8(2)10-6-5-7-12-11(10)9(3)4;8*1-2/h5-6,9-12H,7-8H2,1-4H3;5,7-12H,6H2,1-4H3;2*5,7-11H,6H2,1-4H3;8*1-2H3. The molecule has 3 heterocycles. The second-order valence-electron chi connectivity index (χ2n) is 18.0. The summed E-state index contributed by atoms with van der Waals surface area (Å²) in [6, 6.07) is 0.676. The van der Waals surface area contributed by atoms with Gasteiger partial charge in [-0.05, 0) is 121 Å². The first-order valence-corrected chi connectivity index (χ1v) is 29.1. The molecule has 3 heteroatoms. The van der Waals surface area contributed by atoms with Gasteiger partial charge in [-0.2, -0.15) is 0 Å². The summed E-state index contributed by atoms with van der Waals surface area (Å²) in [6.07, 6.45) is 22.2. The van der Waals surface area contributed by atoms with Crippen LogP contribution in [0.4, 0.5) is 0 Å². The van der Waals surface area contributed by atoms with Gasteiger partial charge in [-0.15, -0.1) is 11.8 Å². The summed E-state index contributed by atoms with van der Waals surface area (Å²) in [4.78, 5) is 0. The van der Waals surface area contributed by atoms with Crippen LogP contribution in [0.25, 0.3) is 0 Å². The van der Waals surface area contributed by atoms with Gasteiger partial charge in [0.2, 0.25) is 0 Å². The van der Waals surface area contributed by atoms with Crippen LogP contribution in [0, 0.1) is 76.9 Å². The van der Waals surface area contributed by atoms with Crippen molar-refractivity contribution in [1.29, 1.82) is 0 Å². The molecule has 0 saturated carbocycles. The molecule has 0 radical (unpaired) electrons. The van der Waals surface area contributed by atoms with E-state index in [-0.39, 0.29) is 0 Å². The summed E-state index contributed by atoms with van der Waals surface area (Å²) in [5, 5.41) is 6.59. The van der Waals surface area contributed by atoms with Crippen LogP contribution in [0.2, 0.25) is 0 Å². The lowest BCUT2D eigenvalue weighted by Gasteiger charge is -2.35. The van der Waals surface area contributed by atoms with Gasteiger partial charge in [-0.1, -0.05) is 246 Å². The van der Waals surface area contributed by atoms with Crippen LogP contribution in [0.1, 0.15) is 254 Å². The molecule has 0 aromatic carbocycles. The highest BCUT2D eigenvalue weighted by molar-refractivity contribution is 8.02. The number of hydrogen-bond donors (Lipinski definition) is 1. The summed E-state index contributed by atoms with van der Waals surface area (Å²) in [5.74, 6) is 10.5. The molecule has 4 rings (SSSR count). The fourth-order valence-electron chi connectivity index (χ4n) is 8.23. The van der Waals surface area contributed by atoms with Crippen molar-refractivity contribution in [3.63, 3.8) is 0 Å². The summed E-state index contributed by atoms with van der Waals surface area (Å²) in [6.45, 7) is 69.1. The number of ether oxygens (including phenoxy) is 1. The SMILES string of the molecule is CC.CC.CC.CC.CC.CC.CC.CC.CC(C)C1CC=CCC1C(C)C.CC(C)C1CC=CNC1C(C)C.CC(C)C1CC=COC1C(C)C.CC(C)C1CC=CSC1C(C)C. The number of allylic oxidation sites excluding steroid dienone is 5. The summed E-state index contributed by atoms with van der Waals surface area (Å²) in [7, 11) is 0. The minimum Gasteiger partial charge on any atom is -0.498 e. The van der Waals surface area contributed by atoms with Gasteiger partial charge in [0.1, 0.15) is 6.10 Å². The first kappa shape index (κ1) is 80.0. The molecule has 0 saturated heterocycles. The first-order chi connectivity index (χ1) is 30.5. The third kappa shape index (κ3) is 39.0. The van der Waals surface area contributed by atoms with Crippen molar-refractivity contribution in [3.8, 4) is 0 Å². The van der Waals surface area contributed by atoms with E-state index < -0.39 is 0 Å². The van der Waals surface area contributed by atoms with Crippen molar-refractivity contribution >= 4 is 11.8 Å². The molecule has 4 aliphatic rings. The fraction of sp³-hybridized carbons (Fsp3) is 0.869. The van der Waals surface area contributed by atoms with E-state index in [0.717, 1.165) is 70.3 Å². The number of hydrogen-bond acceptors (Lipinski definition) is 3. The molecule has 0 amide bonds. The van der Waals surface area contributed by atoms with Crippen LogP contribution in [-0.2, 0) is 4.74 Å². The van der Waals surface area contributed by atoms with Gasteiger partial charge in [0.15, 0.2) is 0 Å². The molecule has 0 fully saturated rings. The maximum Gasteiger partial charge on any atom is 0.103 e. The minimum atomic E-state index is 0.426. The maximum atomic E-state index is 5.63. The lowest BCUT2D eigenvalue weighted by Crippen LogP contribution is -2.41. The Morgan fingerprint density at radius 1 is 0.359 bits per heavy atom. The van der Waals surface area contributed by atoms with E-state index in [9.17, 15) is 0 Å². The smallest absolute Gasteiger partial charge is 0.103 e. The highest BCUT2D eigenvalue weighted by atomic mass is 32.2. The van der Waals surface area contributed by atoms with E-state index >= 15 is 0 Å². The molecule has 8 unspecified atom stereocenters. The van der Waals surface area contributed by atoms with E-state index in [1.807, 2.05) is 129 Å². The Hall–Kier alpha value is -1.09. The van der Waals surface area contributed by atoms with Crippen molar-refractivity contribution in [2.75, 3.05) is 0 Å². The third-order valence-corrected chi connectivity index (χ3v) is 13.0. The van der Waals surface area contributed by atoms with Crippen LogP contribution >= 0.6 is 11.8 Å². The molecule has 0 bridgehead atoms. The zero-order valence-corrected chi connectivity index (χ0v) is 51.5. The highest BCUT2D eigenvalue weighted by Gasteiger charge is 2.30. The summed E-state index contributed by atoms with van der Waals surface area (Å²) >= 11 is 2.03. The van der Waals surface area contributed by atoms with E-state index in [1.165, 1.54) is 32.1 Å². The summed E-state index contributed by atoms with van der Waals surface area (Å²) in [5.41, 5.74) is 0. The molecule has 64 heavy (non-hydrogen) atoms. The summed E-state index contributed by atoms with van der Waals surface area (Å²) < 4.78 is 5.63. The zero-order valence-electron chi connectivity index (χ0n) is 50.7. The van der Waals surface area contributed by atoms with Crippen LogP contribution in [-0.4, -0.2) is 17.4 Å². The Bertz CT molecular complexity index is 716. The Kier molecular flexibility index (Phi) is 72.5. The maximum absolute atomic E-state index is 5.63. The van der Waals surface area contributed by atoms with Gasteiger partial charge in [0.25, 0.3) is 0 Å². The van der Waals surface area contributed by atoms with Crippen molar-refractivity contribution in [3.05, 3.63) is 48.3 Å². The quantitative estimate of drug-likeness (QED) is 0.245. The molecule has 0 spiro atoms. The third-order valence-electron chi connectivity index (χ3n) is 11.4. The molecule has 1 N–H and O–H groups in total. The highest BCUT2D eigenvalue weighted by Crippen LogP contribution is 2.38. The van der Waals surface area contributed by atoms with Gasteiger partial charge in [-0.3, -0.25) is 0 Å². The largest absolute Gasteiger partial charge is 0.498 e. The predicted octanol–water partition coefficient (Wildman–Crippen LogP) is 22.0. The molecular weight excluding hydrogens is 795 g/mol. The number of rotatable bonds is 8. The van der Waals surface area contributed by atoms with Crippen molar-refractivity contribution in [2.24, 2.45) is 76.9 Å². The predicted molar refractivity (Wildman–Crippen MR) is 310 cm³/mol. The van der Waals surface area contributed by atoms with Gasteiger partial charge in [0.05, 0.1) is 6.26 Å². The van der Waals surface area contributed by atoms with E-state index in [0.29, 0.717) is 24.0 Å². The molecule has 0 aromatic rings. The van der Waals surface area contributed by atoms with Crippen molar-refractivity contribution in [2.45, 2.75) is 271 Å². The number of nitrogens with one attached hydrogen (secondary N) is 1. The second kappa shape index (κ2) is 58.0. The zero-order chi connectivity index (χ0) is 52.6. The topological polar surface area (TPSA) is 21.3 Å². The molecular formula is C61H131NOS. The van der Waals surface area contributed by atoms with E-state index in [1.54, 1.807) is 0 Å². The lowest BCUT2D eigenvalue weighted by atomic mass is 9.71. The second-order valence-corrected chi connectivity index (χ2v) is 19.0. The Balaban J connectivity index is -0.0000000982. The van der Waals surface area contributed by atoms with Gasteiger partial charge >= 0.3 is 0 Å². The van der Waals surface area contributed by atoms with Crippen LogP contribution in [0.3, 0.4) is 0 Å². The molecule has 3 aliphatic heterocycles. The fourth-order valence-corrected chi connectivity index (χ4v) is 9.58. The molecule has 0 aromatic heterocycles. The number of thioether (sulfide) groups is 1. The first-order valence-electron chi connectivity index (χ1n) is 28.2. The van der Waals surface area contributed by atoms with Crippen LogP contribution in [0.5, 0.6) is 0 Å². The normalized spacial score (nSPS) is 23.1. The minimum absolute atomic E-state index is 0.426. The molecule has 1 aliphatic carbocycles. The van der Waals surface area contributed by atoms with E-state index in [4.69, 9.17) is 4.74 Å². The molecule has 8 atom stereocenters. The van der Waals surface area contributed by atoms with Gasteiger partial charge < -0.3 is 10.1 Å². The lowest BCUT2D eigenvalue weighted by molar-refractivity contribution is 0.0157. The van der Waals surface area contributed by atoms with Crippen molar-refractivity contribution in [1.82, 2.24) is 5.32 Å². The van der Waals surface area contributed by atoms with E-state index in [2.05, 4.69) is 158 Å². The molecule has 2 nitrogen and oxygen atoms in total. The van der Waals surface area contributed by atoms with Gasteiger partial charge in [0, 0.05) is 17.2 Å². The van der Waals surface area contributed by atoms with Crippen LogP contribution in [0.15, 0.2) is 48.3 Å². The molecule has 392 valence electrons. The van der Waals surface area contributed by atoms with Gasteiger partial charge in [-0.25, -0.2) is 0 Å². The van der Waals surface area contributed by atoms with Crippen LogP contribution < -0.4 is 5.32 Å². The Morgan fingerprint density at radius 2 is 0.703 bits per heavy atom. The Labute approximate surface area is 416 Å². The average molecular weight is 927 g/mol. The monoisotopic (exact) mass is 926 g/mol. The Morgan fingerprint density at radius 3 is 0.984 bits per heavy atom. The van der Waals surface area contributed by atoms with Crippen molar-refractivity contribution < 1.29 is 4.74 Å².